The van der Waals surface area contributed by atoms with Crippen LogP contribution in [-0.2, 0) is 9.53 Å². The van der Waals surface area contributed by atoms with E-state index in [2.05, 4.69) is 17.9 Å². The maximum Gasteiger partial charge on any atom is 0.334 e. The molecule has 12 heavy (non-hydrogen) atoms. The fraction of sp³-hybridized carbons (Fsp3) is 0.667. The predicted octanol–water partition coefficient (Wildman–Crippen LogP) is 1.51. The summed E-state index contributed by atoms with van der Waals surface area (Å²) in [4.78, 5) is 10.5. The van der Waals surface area contributed by atoms with Gasteiger partial charge in [-0.15, -0.1) is 13.2 Å². The second-order valence-electron chi connectivity index (χ2n) is 2.20. The number of aliphatic hydroxyl groups excluding tert-OH is 1. The van der Waals surface area contributed by atoms with Gasteiger partial charge in [0.25, 0.3) is 0 Å². The fourth-order valence-corrected chi connectivity index (χ4v) is 0.438. The Morgan fingerprint density at radius 1 is 1.58 bits per heavy atom. The van der Waals surface area contributed by atoms with Crippen molar-refractivity contribution in [2.45, 2.75) is 32.8 Å². The average molecular weight is 174 g/mol. The normalized spacial score (nSPS) is 10.9. The van der Waals surface area contributed by atoms with Crippen LogP contribution in [0.5, 0.6) is 0 Å². The molecule has 0 aliphatic rings. The topological polar surface area (TPSA) is 46.5 Å². The molecule has 1 unspecified atom stereocenters. The fourth-order valence-electron chi connectivity index (χ4n) is 0.438. The van der Waals surface area contributed by atoms with Crippen molar-refractivity contribution in [3.63, 3.8) is 0 Å². The molecule has 72 valence electrons. The van der Waals surface area contributed by atoms with E-state index in [9.17, 15) is 4.79 Å². The third kappa shape index (κ3) is 9.17. The quantitative estimate of drug-likeness (QED) is 0.399. The highest BCUT2D eigenvalue weighted by Crippen LogP contribution is 1.91. The van der Waals surface area contributed by atoms with Gasteiger partial charge >= 0.3 is 5.97 Å². The zero-order valence-corrected chi connectivity index (χ0v) is 7.88. The van der Waals surface area contributed by atoms with Crippen LogP contribution >= 0.6 is 0 Å². The zero-order chi connectivity index (χ0) is 9.98. The van der Waals surface area contributed by atoms with E-state index in [4.69, 9.17) is 5.11 Å². The molecule has 0 spiro atoms. The lowest BCUT2D eigenvalue weighted by Crippen LogP contribution is -2.19. The Bertz CT molecular complexity index is 110. The number of carbonyl (C=O) groups is 1. The van der Waals surface area contributed by atoms with Gasteiger partial charge in [-0.25, -0.2) is 4.79 Å². The highest BCUT2D eigenvalue weighted by Gasteiger charge is 2.08. The Labute approximate surface area is 74.0 Å². The molecule has 0 aromatic rings. The molecule has 3 heteroatoms. The number of esters is 1. The summed E-state index contributed by atoms with van der Waals surface area (Å²) in [5, 5.41) is 8.65. The molecule has 0 saturated carbocycles. The van der Waals surface area contributed by atoms with Gasteiger partial charge in [-0.3, -0.25) is 0 Å². The van der Waals surface area contributed by atoms with Gasteiger partial charge in [0.05, 0.1) is 6.61 Å². The number of rotatable bonds is 4. The summed E-state index contributed by atoms with van der Waals surface area (Å²) in [6.45, 7) is 9.82. The van der Waals surface area contributed by atoms with Gasteiger partial charge < -0.3 is 9.84 Å². The van der Waals surface area contributed by atoms with Crippen LogP contribution in [0.1, 0.15) is 26.7 Å². The van der Waals surface area contributed by atoms with E-state index in [0.717, 1.165) is 12.8 Å². The van der Waals surface area contributed by atoms with E-state index in [1.807, 2.05) is 6.92 Å². The largest absolute Gasteiger partial charge is 0.464 e. The van der Waals surface area contributed by atoms with Gasteiger partial charge in [0.1, 0.15) is 6.10 Å². The Morgan fingerprint density at radius 2 is 2.08 bits per heavy atom. The molecule has 3 nitrogen and oxygen atoms in total. The number of ether oxygens (including phenoxy) is 1. The van der Waals surface area contributed by atoms with Crippen molar-refractivity contribution in [3.05, 3.63) is 13.2 Å². The van der Waals surface area contributed by atoms with Gasteiger partial charge in [0.2, 0.25) is 0 Å². The van der Waals surface area contributed by atoms with E-state index < -0.39 is 12.1 Å². The summed E-state index contributed by atoms with van der Waals surface area (Å²) >= 11 is 0. The van der Waals surface area contributed by atoms with E-state index in [-0.39, 0.29) is 0 Å². The van der Waals surface area contributed by atoms with Gasteiger partial charge in [0, 0.05) is 0 Å². The minimum Gasteiger partial charge on any atom is -0.464 e. The van der Waals surface area contributed by atoms with Crippen LogP contribution in [0.2, 0.25) is 0 Å². The average Bonchev–Trinajstić information content (AvgIpc) is 2.08. The maximum absolute atomic E-state index is 10.5. The second-order valence-corrected chi connectivity index (χ2v) is 2.20. The first-order valence-electron chi connectivity index (χ1n) is 4.03. The van der Waals surface area contributed by atoms with Crippen LogP contribution in [0.25, 0.3) is 0 Å². The number of unbranched alkanes of at least 4 members (excludes halogenated alkanes) is 1. The van der Waals surface area contributed by atoms with Crippen LogP contribution in [0, 0.1) is 0 Å². The van der Waals surface area contributed by atoms with Crippen molar-refractivity contribution in [1.82, 2.24) is 0 Å². The zero-order valence-electron chi connectivity index (χ0n) is 7.88. The number of hydrogen-bond acceptors (Lipinski definition) is 3. The van der Waals surface area contributed by atoms with E-state index >= 15 is 0 Å². The summed E-state index contributed by atoms with van der Waals surface area (Å²) in [6.07, 6.45) is 0.864. The Morgan fingerprint density at radius 3 is 2.42 bits per heavy atom. The van der Waals surface area contributed by atoms with Crippen molar-refractivity contribution < 1.29 is 14.6 Å². The SMILES string of the molecule is C=C.CCCCOC(=O)C(C)O. The Balaban J connectivity index is 0. The first kappa shape index (κ1) is 13.7. The molecule has 0 radical (unpaired) electrons. The Hall–Kier alpha value is -0.830. The van der Waals surface area contributed by atoms with Crippen molar-refractivity contribution in [3.8, 4) is 0 Å². The molecular formula is C9H18O3. The van der Waals surface area contributed by atoms with Crippen LogP contribution < -0.4 is 0 Å². The molecule has 0 bridgehead atoms. The van der Waals surface area contributed by atoms with Gasteiger partial charge in [-0.1, -0.05) is 13.3 Å². The molecule has 0 rings (SSSR count). The lowest BCUT2D eigenvalue weighted by molar-refractivity contribution is -0.152. The summed E-state index contributed by atoms with van der Waals surface area (Å²) in [7, 11) is 0. The first-order chi connectivity index (χ1) is 5.68. The smallest absolute Gasteiger partial charge is 0.334 e. The van der Waals surface area contributed by atoms with Crippen molar-refractivity contribution in [2.24, 2.45) is 0 Å². The summed E-state index contributed by atoms with van der Waals surface area (Å²) in [5.41, 5.74) is 0. The molecule has 0 aliphatic carbocycles. The van der Waals surface area contributed by atoms with E-state index in [0.29, 0.717) is 6.61 Å². The van der Waals surface area contributed by atoms with Gasteiger partial charge in [-0.2, -0.15) is 0 Å². The van der Waals surface area contributed by atoms with Gasteiger partial charge in [-0.05, 0) is 13.3 Å². The summed E-state index contributed by atoms with van der Waals surface area (Å²) in [6, 6.07) is 0. The number of hydrogen-bond donors (Lipinski definition) is 1. The molecule has 0 aromatic carbocycles. The first-order valence-corrected chi connectivity index (χ1v) is 4.03. The molecule has 0 fully saturated rings. The summed E-state index contributed by atoms with van der Waals surface area (Å²) in [5.74, 6) is -0.534. The van der Waals surface area contributed by atoms with Crippen LogP contribution in [0.4, 0.5) is 0 Å². The highest BCUT2D eigenvalue weighted by molar-refractivity contribution is 5.73. The minimum absolute atomic E-state index is 0.417. The third-order valence-electron chi connectivity index (χ3n) is 1.08. The van der Waals surface area contributed by atoms with Crippen LogP contribution in [-0.4, -0.2) is 23.8 Å². The number of carbonyl (C=O) groups excluding carboxylic acids is 1. The van der Waals surface area contributed by atoms with E-state index in [1.54, 1.807) is 0 Å². The van der Waals surface area contributed by atoms with Crippen LogP contribution in [0.15, 0.2) is 13.2 Å². The Kier molecular flexibility index (Phi) is 11.6. The molecule has 0 amide bonds. The maximum atomic E-state index is 10.5. The van der Waals surface area contributed by atoms with Crippen molar-refractivity contribution in [2.75, 3.05) is 6.61 Å². The monoisotopic (exact) mass is 174 g/mol. The molecule has 0 aromatic heterocycles. The predicted molar refractivity (Wildman–Crippen MR) is 48.8 cm³/mol. The molecule has 0 aliphatic heterocycles. The van der Waals surface area contributed by atoms with Crippen LogP contribution in [0.3, 0.4) is 0 Å². The van der Waals surface area contributed by atoms with Crippen molar-refractivity contribution in [1.29, 1.82) is 0 Å². The minimum atomic E-state index is -0.989. The molecule has 0 saturated heterocycles. The van der Waals surface area contributed by atoms with Gasteiger partial charge in [0.15, 0.2) is 0 Å². The lowest BCUT2D eigenvalue weighted by Gasteiger charge is -2.04. The molecule has 1 atom stereocenters. The standard InChI is InChI=1S/C7H14O3.C2H4/c1-3-4-5-10-7(9)6(2)8;1-2/h6,8H,3-5H2,1-2H3;1-2H2. The molecule has 0 heterocycles. The van der Waals surface area contributed by atoms with Crippen molar-refractivity contribution >= 4 is 5.97 Å². The summed E-state index contributed by atoms with van der Waals surface area (Å²) < 4.78 is 4.65. The highest BCUT2D eigenvalue weighted by atomic mass is 16.5. The third-order valence-corrected chi connectivity index (χ3v) is 1.08. The second kappa shape index (κ2) is 10.2. The number of aliphatic hydroxyl groups is 1. The molecule has 1 N–H and O–H groups in total. The van der Waals surface area contributed by atoms with E-state index in [1.165, 1.54) is 6.92 Å². The lowest BCUT2D eigenvalue weighted by atomic mass is 10.3. The molecular weight excluding hydrogens is 156 g/mol.